The summed E-state index contributed by atoms with van der Waals surface area (Å²) in [5.74, 6) is 0.576. The van der Waals surface area contributed by atoms with Crippen molar-refractivity contribution in [2.75, 3.05) is 0 Å². The number of aryl methyl sites for hydroxylation is 1. The van der Waals surface area contributed by atoms with Crippen molar-refractivity contribution in [2.45, 2.75) is 13.2 Å². The van der Waals surface area contributed by atoms with E-state index in [0.29, 0.717) is 29.5 Å². The van der Waals surface area contributed by atoms with Crippen LogP contribution in [0.4, 0.5) is 0 Å². The van der Waals surface area contributed by atoms with Crippen molar-refractivity contribution in [3.8, 4) is 5.75 Å². The van der Waals surface area contributed by atoms with E-state index in [-0.39, 0.29) is 5.91 Å². The molecule has 25 heavy (non-hydrogen) atoms. The molecule has 0 spiro atoms. The maximum Gasteiger partial charge on any atom is 0.251 e. The fraction of sp³-hybridized carbons (Fsp3) is 0.158. The van der Waals surface area contributed by atoms with Gasteiger partial charge >= 0.3 is 0 Å². The van der Waals surface area contributed by atoms with Crippen LogP contribution < -0.4 is 10.1 Å². The van der Waals surface area contributed by atoms with Gasteiger partial charge in [-0.2, -0.15) is 5.10 Å². The van der Waals surface area contributed by atoms with Gasteiger partial charge < -0.3 is 10.1 Å². The van der Waals surface area contributed by atoms with Crippen LogP contribution in [0.25, 0.3) is 0 Å². The van der Waals surface area contributed by atoms with E-state index in [2.05, 4.69) is 10.4 Å². The lowest BCUT2D eigenvalue weighted by Crippen LogP contribution is -2.22. The molecule has 1 N–H and O–H groups in total. The molecule has 6 heteroatoms. The quantitative estimate of drug-likeness (QED) is 0.735. The lowest BCUT2D eigenvalue weighted by atomic mass is 10.2. The van der Waals surface area contributed by atoms with Crippen molar-refractivity contribution in [3.63, 3.8) is 0 Å². The van der Waals surface area contributed by atoms with Crippen LogP contribution in [0.5, 0.6) is 5.75 Å². The second kappa shape index (κ2) is 7.85. The maximum absolute atomic E-state index is 12.2. The van der Waals surface area contributed by atoms with Crippen LogP contribution in [-0.4, -0.2) is 15.7 Å². The van der Waals surface area contributed by atoms with E-state index < -0.39 is 0 Å². The largest absolute Gasteiger partial charge is 0.489 e. The molecule has 0 aliphatic rings. The Morgan fingerprint density at radius 1 is 1.12 bits per heavy atom. The molecule has 1 heterocycles. The molecule has 1 amide bonds. The fourth-order valence-corrected chi connectivity index (χ4v) is 2.42. The number of aromatic nitrogens is 2. The first-order chi connectivity index (χ1) is 12.1. The molecule has 0 saturated heterocycles. The molecule has 5 nitrogen and oxygen atoms in total. The van der Waals surface area contributed by atoms with E-state index >= 15 is 0 Å². The number of rotatable bonds is 6. The predicted molar refractivity (Wildman–Crippen MR) is 96.6 cm³/mol. The van der Waals surface area contributed by atoms with Crippen LogP contribution in [0.1, 0.15) is 21.5 Å². The number of halogens is 1. The van der Waals surface area contributed by atoms with Gasteiger partial charge in [0.2, 0.25) is 0 Å². The number of benzene rings is 2. The summed E-state index contributed by atoms with van der Waals surface area (Å²) in [5, 5.41) is 7.64. The van der Waals surface area contributed by atoms with Crippen LogP contribution in [0.15, 0.2) is 60.9 Å². The highest BCUT2D eigenvalue weighted by atomic mass is 35.5. The van der Waals surface area contributed by atoms with Gasteiger partial charge in [0.15, 0.2) is 0 Å². The van der Waals surface area contributed by atoms with E-state index in [1.165, 1.54) is 0 Å². The maximum atomic E-state index is 12.2. The zero-order valence-corrected chi connectivity index (χ0v) is 14.5. The number of nitrogens with zero attached hydrogens (tertiary/aromatic N) is 2. The Balaban J connectivity index is 1.52. The Kier molecular flexibility index (Phi) is 5.36. The SMILES string of the molecule is Cn1cc(CNC(=O)c2ccc(OCc3ccc(Cl)cc3)cc2)cn1. The number of carbonyl (C=O) groups excluding carboxylic acids is 1. The summed E-state index contributed by atoms with van der Waals surface area (Å²) in [7, 11) is 1.84. The number of carbonyl (C=O) groups is 1. The van der Waals surface area contributed by atoms with Gasteiger partial charge in [-0.05, 0) is 42.0 Å². The van der Waals surface area contributed by atoms with E-state index in [4.69, 9.17) is 16.3 Å². The van der Waals surface area contributed by atoms with Gasteiger partial charge in [0, 0.05) is 35.9 Å². The van der Waals surface area contributed by atoms with Crippen molar-refractivity contribution in [1.29, 1.82) is 0 Å². The van der Waals surface area contributed by atoms with E-state index in [1.54, 1.807) is 35.1 Å². The van der Waals surface area contributed by atoms with Gasteiger partial charge in [0.25, 0.3) is 5.91 Å². The molecule has 128 valence electrons. The van der Waals surface area contributed by atoms with Crippen LogP contribution in [0.2, 0.25) is 5.02 Å². The Morgan fingerprint density at radius 3 is 2.48 bits per heavy atom. The number of hydrogen-bond donors (Lipinski definition) is 1. The molecule has 0 aliphatic carbocycles. The van der Waals surface area contributed by atoms with E-state index in [1.807, 2.05) is 37.5 Å². The van der Waals surface area contributed by atoms with E-state index in [9.17, 15) is 4.79 Å². The predicted octanol–water partition coefficient (Wildman–Crippen LogP) is 3.58. The third kappa shape index (κ3) is 4.84. The first-order valence-electron chi connectivity index (χ1n) is 7.83. The molecule has 3 aromatic rings. The first-order valence-corrected chi connectivity index (χ1v) is 8.21. The molecule has 0 bridgehead atoms. The molecule has 0 aliphatic heterocycles. The summed E-state index contributed by atoms with van der Waals surface area (Å²) in [6.07, 6.45) is 3.60. The van der Waals surface area contributed by atoms with Crippen LogP contribution in [0, 0.1) is 0 Å². The van der Waals surface area contributed by atoms with Crippen molar-refractivity contribution >= 4 is 17.5 Å². The molecule has 1 aromatic heterocycles. The summed E-state index contributed by atoms with van der Waals surface area (Å²) in [4.78, 5) is 12.2. The molecule has 3 rings (SSSR count). The smallest absolute Gasteiger partial charge is 0.251 e. The fourth-order valence-electron chi connectivity index (χ4n) is 2.30. The summed E-state index contributed by atoms with van der Waals surface area (Å²) < 4.78 is 7.42. The van der Waals surface area contributed by atoms with Crippen molar-refractivity contribution < 1.29 is 9.53 Å². The molecule has 0 fully saturated rings. The molecular formula is C19H18ClN3O2. The first kappa shape index (κ1) is 17.0. The third-order valence-corrected chi connectivity index (χ3v) is 3.90. The highest BCUT2D eigenvalue weighted by Gasteiger charge is 2.06. The van der Waals surface area contributed by atoms with Crippen LogP contribution in [0.3, 0.4) is 0 Å². The zero-order valence-electron chi connectivity index (χ0n) is 13.8. The second-order valence-electron chi connectivity index (χ2n) is 5.64. The Hall–Kier alpha value is -2.79. The highest BCUT2D eigenvalue weighted by molar-refractivity contribution is 6.30. The number of ether oxygens (including phenoxy) is 1. The molecule has 0 atom stereocenters. The van der Waals surface area contributed by atoms with Crippen molar-refractivity contribution in [2.24, 2.45) is 7.05 Å². The standard InChI is InChI=1S/C19H18ClN3O2/c1-23-12-15(11-22-23)10-21-19(24)16-4-8-18(9-5-16)25-13-14-2-6-17(20)7-3-14/h2-9,11-12H,10,13H2,1H3,(H,21,24). The number of nitrogens with one attached hydrogen (secondary N) is 1. The minimum atomic E-state index is -0.131. The number of amides is 1. The molecule has 0 unspecified atom stereocenters. The molecular weight excluding hydrogens is 338 g/mol. The summed E-state index contributed by atoms with van der Waals surface area (Å²) in [6.45, 7) is 0.894. The van der Waals surface area contributed by atoms with Crippen LogP contribution >= 0.6 is 11.6 Å². The van der Waals surface area contributed by atoms with Crippen LogP contribution in [-0.2, 0) is 20.2 Å². The second-order valence-corrected chi connectivity index (χ2v) is 6.08. The van der Waals surface area contributed by atoms with Gasteiger partial charge in [-0.3, -0.25) is 9.48 Å². The van der Waals surface area contributed by atoms with Crippen molar-refractivity contribution in [3.05, 3.63) is 82.6 Å². The van der Waals surface area contributed by atoms with Gasteiger partial charge in [0.05, 0.1) is 6.20 Å². The van der Waals surface area contributed by atoms with Gasteiger partial charge in [-0.25, -0.2) is 0 Å². The summed E-state index contributed by atoms with van der Waals surface area (Å²) >= 11 is 5.86. The zero-order chi connectivity index (χ0) is 17.6. The normalized spacial score (nSPS) is 10.5. The molecule has 0 saturated carbocycles. The average molecular weight is 356 g/mol. The van der Waals surface area contributed by atoms with Gasteiger partial charge in [0.1, 0.15) is 12.4 Å². The Labute approximate surface area is 151 Å². The Morgan fingerprint density at radius 2 is 1.84 bits per heavy atom. The van der Waals surface area contributed by atoms with Gasteiger partial charge in [-0.15, -0.1) is 0 Å². The highest BCUT2D eigenvalue weighted by Crippen LogP contribution is 2.16. The minimum absolute atomic E-state index is 0.131. The average Bonchev–Trinajstić information content (AvgIpc) is 3.05. The summed E-state index contributed by atoms with van der Waals surface area (Å²) in [5.41, 5.74) is 2.57. The van der Waals surface area contributed by atoms with Crippen molar-refractivity contribution in [1.82, 2.24) is 15.1 Å². The van der Waals surface area contributed by atoms with E-state index in [0.717, 1.165) is 11.1 Å². The summed E-state index contributed by atoms with van der Waals surface area (Å²) in [6, 6.07) is 14.6. The monoisotopic (exact) mass is 355 g/mol. The minimum Gasteiger partial charge on any atom is -0.489 e. The Bertz CT molecular complexity index is 842. The lowest BCUT2D eigenvalue weighted by Gasteiger charge is -2.08. The third-order valence-electron chi connectivity index (χ3n) is 3.65. The molecule has 0 radical (unpaired) electrons. The molecule has 2 aromatic carbocycles. The topological polar surface area (TPSA) is 56.2 Å². The van der Waals surface area contributed by atoms with Gasteiger partial charge in [-0.1, -0.05) is 23.7 Å². The number of hydrogen-bond acceptors (Lipinski definition) is 3. The lowest BCUT2D eigenvalue weighted by molar-refractivity contribution is 0.0951.